The molecule has 1 aromatic heterocycles. The van der Waals surface area contributed by atoms with Crippen molar-refractivity contribution in [3.63, 3.8) is 0 Å². The highest BCUT2D eigenvalue weighted by Gasteiger charge is 2.40. The van der Waals surface area contributed by atoms with Gasteiger partial charge in [-0.05, 0) is 67.6 Å². The van der Waals surface area contributed by atoms with Crippen molar-refractivity contribution in [3.8, 4) is 5.75 Å². The number of sulfonamides is 1. The molecule has 0 unspecified atom stereocenters. The summed E-state index contributed by atoms with van der Waals surface area (Å²) < 4.78 is 86.8. The van der Waals surface area contributed by atoms with Crippen LogP contribution in [-0.2, 0) is 48.2 Å². The van der Waals surface area contributed by atoms with E-state index in [4.69, 9.17) is 42.9 Å². The first-order valence-corrected chi connectivity index (χ1v) is 21.4. The van der Waals surface area contributed by atoms with Gasteiger partial charge in [0.15, 0.2) is 0 Å². The Morgan fingerprint density at radius 2 is 1.64 bits per heavy atom. The average Bonchev–Trinajstić information content (AvgIpc) is 3.54. The summed E-state index contributed by atoms with van der Waals surface area (Å²) in [5.74, 6) is 5.34. The van der Waals surface area contributed by atoms with Crippen LogP contribution >= 0.6 is 23.2 Å². The number of amides is 1. The molecule has 5 N–H and O–H groups in total. The average molecular weight is 833 g/mol. The van der Waals surface area contributed by atoms with Crippen molar-refractivity contribution in [1.82, 2.24) is 14.6 Å². The highest BCUT2D eigenvalue weighted by atomic mass is 35.5. The second-order valence-electron chi connectivity index (χ2n) is 11.8. The third-order valence-electron chi connectivity index (χ3n) is 7.42. The van der Waals surface area contributed by atoms with Crippen molar-refractivity contribution >= 4 is 76.5 Å². The van der Waals surface area contributed by atoms with Crippen molar-refractivity contribution in [2.75, 3.05) is 19.1 Å². The fraction of sp³-hybridized carbons (Fsp3) is 0.303. The maximum Gasteiger partial charge on any atom is 0.261 e. The number of ether oxygens (including phenoxy) is 1. The van der Waals surface area contributed by atoms with Crippen LogP contribution in [0.25, 0.3) is 10.9 Å². The monoisotopic (exact) mass is 831 g/mol. The number of carbonyl (C=O) groups excluding carboxylic acids is 1. The largest absolute Gasteiger partial charge is 0.487 e. The Morgan fingerprint density at radius 3 is 2.25 bits per heavy atom. The van der Waals surface area contributed by atoms with Gasteiger partial charge in [-0.3, -0.25) is 13.9 Å². The first kappa shape index (κ1) is 43.5. The van der Waals surface area contributed by atoms with Crippen molar-refractivity contribution in [2.24, 2.45) is 10.9 Å². The topological polar surface area (TPSA) is 236 Å². The molecule has 1 saturated heterocycles. The number of aryl methyl sites for hydroxylation is 2. The van der Waals surface area contributed by atoms with Gasteiger partial charge in [-0.15, -0.1) is 0 Å². The van der Waals surface area contributed by atoms with Gasteiger partial charge in [0.2, 0.25) is 15.9 Å². The summed E-state index contributed by atoms with van der Waals surface area (Å²) in [6.07, 6.45) is 3.88. The number of nitrogens with one attached hydrogen (secondary N) is 1. The lowest BCUT2D eigenvalue weighted by Crippen LogP contribution is -2.45. The van der Waals surface area contributed by atoms with E-state index in [1.165, 1.54) is 22.7 Å². The lowest BCUT2D eigenvalue weighted by molar-refractivity contribution is -0.124. The molecule has 15 nitrogen and oxygen atoms in total. The molecule has 0 aliphatic carbocycles. The molecule has 0 saturated carbocycles. The normalized spacial score (nSPS) is 15.0. The van der Waals surface area contributed by atoms with Crippen molar-refractivity contribution in [3.05, 3.63) is 98.7 Å². The SMILES string of the molecule is CS(=O)(=O)O.CS(=O)(=O)O.Cc1cc(C)c2cccc(OCc3c(Cl)ccc(S(=O)(=O)N4CCC[C@H]4C(=O)NCc4ccc(C=NN)cc4)c3Cl)c2n1. The summed E-state index contributed by atoms with van der Waals surface area (Å²) >= 11 is 13.2. The number of hydrazone groups is 1. The van der Waals surface area contributed by atoms with Gasteiger partial charge in [-0.2, -0.15) is 26.2 Å². The number of pyridine rings is 1. The van der Waals surface area contributed by atoms with E-state index in [0.29, 0.717) is 42.2 Å². The summed E-state index contributed by atoms with van der Waals surface area (Å²) in [5, 5.41) is 7.53. The lowest BCUT2D eigenvalue weighted by atomic mass is 10.1. The minimum Gasteiger partial charge on any atom is -0.487 e. The second-order valence-corrected chi connectivity index (χ2v) is 17.4. The molecule has 1 aliphatic rings. The van der Waals surface area contributed by atoms with Gasteiger partial charge in [0.25, 0.3) is 20.2 Å². The van der Waals surface area contributed by atoms with Gasteiger partial charge in [0, 0.05) is 34.8 Å². The van der Waals surface area contributed by atoms with E-state index in [9.17, 15) is 30.0 Å². The molecule has 1 amide bonds. The number of halogens is 2. The third kappa shape index (κ3) is 13.2. The molecule has 20 heteroatoms. The summed E-state index contributed by atoms with van der Waals surface area (Å²) in [6.45, 7) is 4.28. The van der Waals surface area contributed by atoms with Crippen LogP contribution in [0.5, 0.6) is 5.75 Å². The zero-order chi connectivity index (χ0) is 39.7. The van der Waals surface area contributed by atoms with E-state index in [1.54, 1.807) is 6.07 Å². The molecule has 5 rings (SSSR count). The van der Waals surface area contributed by atoms with Crippen LogP contribution in [0.15, 0.2) is 70.7 Å². The van der Waals surface area contributed by atoms with Crippen LogP contribution in [0.3, 0.4) is 0 Å². The van der Waals surface area contributed by atoms with Crippen LogP contribution in [0.1, 0.15) is 40.8 Å². The molecule has 1 aliphatic heterocycles. The van der Waals surface area contributed by atoms with Gasteiger partial charge >= 0.3 is 0 Å². The highest BCUT2D eigenvalue weighted by Crippen LogP contribution is 2.36. The third-order valence-corrected chi connectivity index (χ3v) is 10.3. The Labute approximate surface area is 318 Å². The predicted octanol–water partition coefficient (Wildman–Crippen LogP) is 4.51. The van der Waals surface area contributed by atoms with Gasteiger partial charge in [0.05, 0.1) is 23.7 Å². The number of carbonyl (C=O) groups is 1. The Hall–Kier alpha value is -3.88. The predicted molar refractivity (Wildman–Crippen MR) is 204 cm³/mol. The number of nitrogens with two attached hydrogens (primary N) is 1. The Kier molecular flexibility index (Phi) is 15.1. The smallest absolute Gasteiger partial charge is 0.261 e. The molecule has 288 valence electrons. The number of hydrogen-bond acceptors (Lipinski definition) is 11. The van der Waals surface area contributed by atoms with Crippen LogP contribution in [0.2, 0.25) is 10.0 Å². The maximum atomic E-state index is 13.9. The van der Waals surface area contributed by atoms with E-state index in [-0.39, 0.29) is 40.5 Å². The molecule has 1 fully saturated rings. The molecular weight excluding hydrogens is 793 g/mol. The first-order chi connectivity index (χ1) is 24.6. The molecule has 3 aromatic carbocycles. The Bertz CT molecular complexity index is 2260. The number of para-hydroxylation sites is 1. The highest BCUT2D eigenvalue weighted by molar-refractivity contribution is 7.89. The zero-order valence-electron chi connectivity index (χ0n) is 29.0. The molecule has 2 heterocycles. The molecule has 53 heavy (non-hydrogen) atoms. The Morgan fingerprint density at radius 1 is 1.02 bits per heavy atom. The number of rotatable bonds is 9. The van der Waals surface area contributed by atoms with Gasteiger partial charge < -0.3 is 15.9 Å². The molecular formula is C33H39Cl2N5O10S3. The van der Waals surface area contributed by atoms with Crippen molar-refractivity contribution < 1.29 is 43.9 Å². The fourth-order valence-electron chi connectivity index (χ4n) is 5.26. The maximum absolute atomic E-state index is 13.9. The molecule has 0 radical (unpaired) electrons. The van der Waals surface area contributed by atoms with E-state index in [2.05, 4.69) is 15.4 Å². The minimum atomic E-state index is -4.14. The zero-order valence-corrected chi connectivity index (χ0v) is 33.0. The van der Waals surface area contributed by atoms with Crippen LogP contribution < -0.4 is 15.9 Å². The van der Waals surface area contributed by atoms with Crippen molar-refractivity contribution in [1.29, 1.82) is 0 Å². The lowest BCUT2D eigenvalue weighted by Gasteiger charge is -2.24. The van der Waals surface area contributed by atoms with E-state index in [0.717, 1.165) is 27.8 Å². The Balaban J connectivity index is 0.000000669. The van der Waals surface area contributed by atoms with Crippen LogP contribution in [0.4, 0.5) is 0 Å². The standard InChI is InChI=1S/C31H31Cl2N5O4S.2CH4O3S/c1-19-15-20(2)37-30-23(19)5-3-7-27(30)42-18-24-25(32)12-13-28(29(24)33)43(40,41)38-14-4-6-26(38)31(39)35-16-21-8-10-22(11-9-21)17-36-34;2*1-5(2,3)4/h3,5,7-13,15,17,26H,4,6,14,16,18,34H2,1-2H3,(H,35,39);2*1H3,(H,2,3,4)/t26-;;/m0../s1. The summed E-state index contributed by atoms with van der Waals surface area (Å²) in [5.41, 5.74) is 4.62. The number of aromatic nitrogens is 1. The number of benzene rings is 3. The number of nitrogens with zero attached hydrogens (tertiary/aromatic N) is 3. The van der Waals surface area contributed by atoms with Crippen LogP contribution in [-0.4, -0.2) is 80.9 Å². The van der Waals surface area contributed by atoms with E-state index < -0.39 is 36.3 Å². The molecule has 4 aromatic rings. The molecule has 0 bridgehead atoms. The van der Waals surface area contributed by atoms with Gasteiger partial charge in [-0.25, -0.2) is 13.4 Å². The number of fused-ring (bicyclic) bond motifs is 1. The number of hydrogen-bond donors (Lipinski definition) is 4. The van der Waals surface area contributed by atoms with Gasteiger partial charge in [-0.1, -0.05) is 59.6 Å². The van der Waals surface area contributed by atoms with Crippen LogP contribution in [0, 0.1) is 13.8 Å². The quantitative estimate of drug-likeness (QED) is 0.0790. The fourth-order valence-corrected chi connectivity index (χ4v) is 7.78. The van der Waals surface area contributed by atoms with E-state index in [1.807, 2.05) is 56.3 Å². The van der Waals surface area contributed by atoms with Gasteiger partial charge in [0.1, 0.15) is 28.8 Å². The summed E-state index contributed by atoms with van der Waals surface area (Å²) in [4.78, 5) is 17.7. The van der Waals surface area contributed by atoms with E-state index >= 15 is 0 Å². The minimum absolute atomic E-state index is 0.0415. The summed E-state index contributed by atoms with van der Waals surface area (Å²) in [7, 11) is -11.5. The molecule has 1 atom stereocenters. The van der Waals surface area contributed by atoms with Crippen molar-refractivity contribution in [2.45, 2.75) is 50.8 Å². The summed E-state index contributed by atoms with van der Waals surface area (Å²) in [6, 6.07) is 17.0. The first-order valence-electron chi connectivity index (χ1n) is 15.5. The molecule has 0 spiro atoms. The second kappa shape index (κ2) is 18.4.